The van der Waals surface area contributed by atoms with Gasteiger partial charge in [-0.2, -0.15) is 0 Å². The molecule has 6 aliphatic rings. The Balaban J connectivity index is 1.30. The Labute approximate surface area is 288 Å². The molecule has 48 heavy (non-hydrogen) atoms. The third kappa shape index (κ3) is 5.36. The Kier molecular flexibility index (Phi) is 8.55. The molecule has 8 nitrogen and oxygen atoms in total. The summed E-state index contributed by atoms with van der Waals surface area (Å²) in [5.41, 5.74) is 0.772. The molecule has 8 atom stereocenters. The molecule has 0 aromatic rings. The number of amides is 2. The molecule has 5 fully saturated rings. The van der Waals surface area contributed by atoms with Gasteiger partial charge in [-0.1, -0.05) is 54.0 Å². The van der Waals surface area contributed by atoms with Crippen molar-refractivity contribution in [1.82, 2.24) is 10.6 Å². The standard InChI is InChI=1S/C40H62N2O6/c1-23(2)31-26(43)20-40(42-34(47)41-22-24-10-11-24)19-18-38(8)25(32(31)40)12-13-28-37(7)16-15-29(48-30(44)21-35(3,4)33(45)46)36(5,6)27(37)14-17-39(28,38)9/h23-24,27-29,31H,10-22H2,1-9H3,(H,45,46)(H2,41,42,47)/t27?,28?,29-,31?,37-,38+,39+,40+/m0/s1. The van der Waals surface area contributed by atoms with Gasteiger partial charge in [-0.25, -0.2) is 4.79 Å². The predicted molar refractivity (Wildman–Crippen MR) is 185 cm³/mol. The fourth-order valence-corrected chi connectivity index (χ4v) is 12.3. The van der Waals surface area contributed by atoms with Crippen molar-refractivity contribution in [3.8, 4) is 0 Å². The molecule has 5 saturated carbocycles. The lowest BCUT2D eigenvalue weighted by Gasteiger charge is -2.70. The quantitative estimate of drug-likeness (QED) is 0.179. The van der Waals surface area contributed by atoms with E-state index in [0.29, 0.717) is 30.7 Å². The van der Waals surface area contributed by atoms with E-state index in [1.165, 1.54) is 24.0 Å². The van der Waals surface area contributed by atoms with Crippen LogP contribution in [0.4, 0.5) is 4.79 Å². The molecule has 8 heteroatoms. The molecule has 2 amide bonds. The molecule has 3 N–H and O–H groups in total. The molecule has 0 aromatic heterocycles. The number of allylic oxidation sites excluding steroid dienone is 1. The lowest BCUT2D eigenvalue weighted by molar-refractivity contribution is -0.214. The van der Waals surface area contributed by atoms with Crippen LogP contribution in [0.2, 0.25) is 0 Å². The number of aliphatic carboxylic acids is 1. The van der Waals surface area contributed by atoms with Crippen molar-refractivity contribution in [2.45, 2.75) is 151 Å². The first-order valence-corrected chi connectivity index (χ1v) is 19.0. The Bertz CT molecular complexity index is 1410. The van der Waals surface area contributed by atoms with E-state index >= 15 is 0 Å². The molecule has 0 aromatic carbocycles. The summed E-state index contributed by atoms with van der Waals surface area (Å²) >= 11 is 0. The summed E-state index contributed by atoms with van der Waals surface area (Å²) in [6, 6.07) is -0.125. The second-order valence-corrected chi connectivity index (χ2v) is 19.3. The molecule has 6 rings (SSSR count). The number of carboxylic acids is 1. The summed E-state index contributed by atoms with van der Waals surface area (Å²) in [6.45, 7) is 20.3. The van der Waals surface area contributed by atoms with Crippen LogP contribution in [0.1, 0.15) is 139 Å². The zero-order valence-corrected chi connectivity index (χ0v) is 31.1. The highest BCUT2D eigenvalue weighted by Crippen LogP contribution is 2.75. The van der Waals surface area contributed by atoms with E-state index in [-0.39, 0.29) is 57.8 Å². The van der Waals surface area contributed by atoms with Crippen LogP contribution in [0.25, 0.3) is 0 Å². The SMILES string of the molecule is CC(C)C1C(=O)C[C@]2(NC(=O)NCC3CC3)CC[C@]3(C)C(=C12)CCC1[C@@]2(C)CC[C@H](OC(=O)CC(C)(C)C(=O)O)C(C)(C)C2CC[C@]13C. The van der Waals surface area contributed by atoms with Crippen LogP contribution < -0.4 is 10.6 Å². The van der Waals surface area contributed by atoms with Gasteiger partial charge in [-0.05, 0) is 124 Å². The lowest BCUT2D eigenvalue weighted by atomic mass is 9.34. The lowest BCUT2D eigenvalue weighted by Crippen LogP contribution is -2.65. The molecule has 0 heterocycles. The normalized spacial score (nSPS) is 40.3. The van der Waals surface area contributed by atoms with Crippen molar-refractivity contribution < 1.29 is 29.0 Å². The van der Waals surface area contributed by atoms with Gasteiger partial charge in [0.25, 0.3) is 0 Å². The Hall–Kier alpha value is -2.38. The summed E-state index contributed by atoms with van der Waals surface area (Å²) < 4.78 is 6.14. The highest BCUT2D eigenvalue weighted by atomic mass is 16.5. The Morgan fingerprint density at radius 1 is 0.938 bits per heavy atom. The van der Waals surface area contributed by atoms with E-state index in [9.17, 15) is 24.3 Å². The number of hydrogen-bond donors (Lipinski definition) is 3. The number of carbonyl (C=O) groups is 4. The number of ketones is 1. The van der Waals surface area contributed by atoms with Crippen LogP contribution >= 0.6 is 0 Å². The molecule has 6 aliphatic carbocycles. The minimum Gasteiger partial charge on any atom is -0.481 e. The fraction of sp³-hybridized carbons (Fsp3) is 0.850. The van der Waals surface area contributed by atoms with Crippen LogP contribution in [0.3, 0.4) is 0 Å². The van der Waals surface area contributed by atoms with Crippen molar-refractivity contribution >= 4 is 23.8 Å². The maximum Gasteiger partial charge on any atom is 0.315 e. The van der Waals surface area contributed by atoms with Gasteiger partial charge in [0.05, 0.1) is 17.4 Å². The number of nitrogens with one attached hydrogen (secondary N) is 2. The third-order valence-corrected chi connectivity index (χ3v) is 15.3. The molecule has 0 aliphatic heterocycles. The van der Waals surface area contributed by atoms with Crippen LogP contribution in [-0.4, -0.2) is 47.0 Å². The fourth-order valence-electron chi connectivity index (χ4n) is 12.3. The maximum absolute atomic E-state index is 13.8. The summed E-state index contributed by atoms with van der Waals surface area (Å²) in [5.74, 6) is 0.353. The van der Waals surface area contributed by atoms with Crippen LogP contribution in [0, 0.1) is 56.7 Å². The van der Waals surface area contributed by atoms with Gasteiger partial charge in [0.2, 0.25) is 0 Å². The number of carbonyl (C=O) groups excluding carboxylic acids is 3. The molecule has 0 radical (unpaired) electrons. The summed E-state index contributed by atoms with van der Waals surface area (Å²) in [5, 5.41) is 16.1. The molecular formula is C40H62N2O6. The second kappa shape index (κ2) is 11.6. The van der Waals surface area contributed by atoms with Crippen molar-refractivity contribution in [1.29, 1.82) is 0 Å². The van der Waals surface area contributed by atoms with Gasteiger partial charge in [0, 0.05) is 24.3 Å². The summed E-state index contributed by atoms with van der Waals surface area (Å²) in [6.07, 6.45) is 10.1. The smallest absolute Gasteiger partial charge is 0.315 e. The van der Waals surface area contributed by atoms with Crippen molar-refractivity contribution in [3.63, 3.8) is 0 Å². The van der Waals surface area contributed by atoms with Gasteiger partial charge in [-0.15, -0.1) is 0 Å². The van der Waals surface area contributed by atoms with E-state index in [4.69, 9.17) is 4.74 Å². The van der Waals surface area contributed by atoms with Crippen LogP contribution in [0.15, 0.2) is 11.1 Å². The van der Waals surface area contributed by atoms with E-state index < -0.39 is 22.9 Å². The molecule has 0 bridgehead atoms. The van der Waals surface area contributed by atoms with Gasteiger partial charge in [0.15, 0.2) is 0 Å². The number of Topliss-reactive ketones (excluding diaryl/α,β-unsaturated/α-hetero) is 1. The van der Waals surface area contributed by atoms with Crippen molar-refractivity contribution in [2.24, 2.45) is 56.7 Å². The molecule has 268 valence electrons. The average Bonchev–Trinajstić information content (AvgIpc) is 3.75. The van der Waals surface area contributed by atoms with Gasteiger partial charge in [-0.3, -0.25) is 14.4 Å². The number of ether oxygens (including phenoxy) is 1. The Morgan fingerprint density at radius 2 is 1.62 bits per heavy atom. The van der Waals surface area contributed by atoms with Gasteiger partial charge >= 0.3 is 18.0 Å². The van der Waals surface area contributed by atoms with E-state index in [0.717, 1.165) is 51.4 Å². The molecular weight excluding hydrogens is 604 g/mol. The number of urea groups is 1. The van der Waals surface area contributed by atoms with E-state index in [1.54, 1.807) is 13.8 Å². The number of carboxylic acid groups (broad SMARTS) is 1. The minimum absolute atomic E-state index is 0.0392. The molecule has 0 saturated heterocycles. The number of rotatable bonds is 8. The highest BCUT2D eigenvalue weighted by Gasteiger charge is 2.69. The van der Waals surface area contributed by atoms with Crippen molar-refractivity contribution in [3.05, 3.63) is 11.1 Å². The zero-order valence-electron chi connectivity index (χ0n) is 31.1. The molecule has 3 unspecified atom stereocenters. The first kappa shape index (κ1) is 35.4. The maximum atomic E-state index is 13.8. The topological polar surface area (TPSA) is 122 Å². The summed E-state index contributed by atoms with van der Waals surface area (Å²) in [7, 11) is 0. The van der Waals surface area contributed by atoms with E-state index in [2.05, 4.69) is 59.1 Å². The predicted octanol–water partition coefficient (Wildman–Crippen LogP) is 7.84. The van der Waals surface area contributed by atoms with Crippen LogP contribution in [-0.2, 0) is 19.1 Å². The average molecular weight is 667 g/mol. The molecule has 0 spiro atoms. The summed E-state index contributed by atoms with van der Waals surface area (Å²) in [4.78, 5) is 51.9. The van der Waals surface area contributed by atoms with Gasteiger partial charge in [0.1, 0.15) is 11.9 Å². The minimum atomic E-state index is -1.16. The number of hydrogen-bond acceptors (Lipinski definition) is 5. The largest absolute Gasteiger partial charge is 0.481 e. The third-order valence-electron chi connectivity index (χ3n) is 15.3. The highest BCUT2D eigenvalue weighted by molar-refractivity contribution is 5.92. The van der Waals surface area contributed by atoms with Crippen LogP contribution in [0.5, 0.6) is 0 Å². The van der Waals surface area contributed by atoms with E-state index in [1.807, 2.05) is 0 Å². The monoisotopic (exact) mass is 666 g/mol. The Morgan fingerprint density at radius 3 is 2.25 bits per heavy atom. The first-order valence-electron chi connectivity index (χ1n) is 19.0. The second-order valence-electron chi connectivity index (χ2n) is 19.3. The zero-order chi connectivity index (χ0) is 35.2. The number of fused-ring (bicyclic) bond motifs is 6. The van der Waals surface area contributed by atoms with Crippen molar-refractivity contribution in [2.75, 3.05) is 6.54 Å². The first-order chi connectivity index (χ1) is 22.2. The number of esters is 1. The van der Waals surface area contributed by atoms with Gasteiger partial charge < -0.3 is 20.5 Å².